The first-order valence-electron chi connectivity index (χ1n) is 22.1. The maximum atomic E-state index is 12.3. The second-order valence-electron chi connectivity index (χ2n) is 18.6. The van der Waals surface area contributed by atoms with Gasteiger partial charge >= 0.3 is 35.8 Å². The second kappa shape index (κ2) is 26.2. The number of carbonyl (C=O) groups is 6. The van der Waals surface area contributed by atoms with Crippen LogP contribution in [-0.4, -0.2) is 73.4 Å². The lowest BCUT2D eigenvalue weighted by atomic mass is 9.49. The number of rotatable bonds is 8. The molecule has 12 atom stereocenters. The molecule has 9 fully saturated rings. The standard InChI is InChI=1S/C17H28O2.C15H20O6.C7H14O.C6H8O3.6CH4/c1-4-11(3)16(18)19-17(5-2)14-7-12-6-13(9-14)10-15(17)8-12;1-4-6(2)13(16)20-11-7-5-8-10(9(7)14(17)19-3)15(18)21-12(8)11;1-6-4-3-5-8-7(6)2;1-3-4(2)6(8)9-5(3)7;;;;;;/h11-15H,4-10H2,1-3H3;6-12H,4-5H2,1-3H3;6-7H,3-5H2,1-2H3;3-4H,1-2H3;6*1H4. The molecule has 3 aliphatic heterocycles. The summed E-state index contributed by atoms with van der Waals surface area (Å²) in [5.74, 6) is 0.352. The van der Waals surface area contributed by atoms with Crippen molar-refractivity contribution in [2.75, 3.05) is 13.7 Å². The lowest BCUT2D eigenvalue weighted by molar-refractivity contribution is -0.214. The van der Waals surface area contributed by atoms with Crippen molar-refractivity contribution >= 4 is 35.8 Å². The zero-order valence-corrected chi connectivity index (χ0v) is 36.1. The zero-order chi connectivity index (χ0) is 41.9. The summed E-state index contributed by atoms with van der Waals surface area (Å²) in [5, 5.41) is 0. The Labute approximate surface area is 384 Å². The van der Waals surface area contributed by atoms with Crippen LogP contribution in [0.3, 0.4) is 0 Å². The highest BCUT2D eigenvalue weighted by Gasteiger charge is 2.70. The molecular weight excluding hydrogens is 805 g/mol. The van der Waals surface area contributed by atoms with E-state index >= 15 is 0 Å². The fourth-order valence-corrected chi connectivity index (χ4v) is 11.0. The van der Waals surface area contributed by atoms with Gasteiger partial charge in [0.2, 0.25) is 0 Å². The maximum Gasteiger partial charge on any atom is 0.317 e. The molecule has 63 heavy (non-hydrogen) atoms. The summed E-state index contributed by atoms with van der Waals surface area (Å²) in [5.41, 5.74) is -0.103. The number of methoxy groups -OCH3 is 1. The van der Waals surface area contributed by atoms with Crippen LogP contribution in [0, 0.1) is 76.9 Å². The van der Waals surface area contributed by atoms with E-state index in [9.17, 15) is 28.8 Å². The number of esters is 6. The molecule has 6 bridgehead atoms. The van der Waals surface area contributed by atoms with E-state index in [0.717, 1.165) is 37.2 Å². The van der Waals surface area contributed by atoms with Crippen LogP contribution in [0.25, 0.3) is 0 Å². The Morgan fingerprint density at radius 3 is 1.62 bits per heavy atom. The molecule has 0 aromatic carbocycles. The quantitative estimate of drug-likeness (QED) is 0.129. The summed E-state index contributed by atoms with van der Waals surface area (Å²) < 4.78 is 31.6. The number of hydrogen-bond donors (Lipinski definition) is 0. The molecule has 9 aliphatic rings. The molecule has 6 saturated carbocycles. The molecule has 0 N–H and O–H groups in total. The van der Waals surface area contributed by atoms with Gasteiger partial charge in [-0.3, -0.25) is 28.8 Å². The average Bonchev–Trinajstić information content (AvgIpc) is 3.88. The van der Waals surface area contributed by atoms with Gasteiger partial charge in [-0.2, -0.15) is 0 Å². The Kier molecular flexibility index (Phi) is 25.8. The van der Waals surface area contributed by atoms with Crippen molar-refractivity contribution in [3.8, 4) is 0 Å². The minimum absolute atomic E-state index is 0. The highest BCUT2D eigenvalue weighted by Crippen LogP contribution is 2.61. The second-order valence-corrected chi connectivity index (χ2v) is 18.6. The topological polar surface area (TPSA) is 158 Å². The van der Waals surface area contributed by atoms with Crippen LogP contribution in [0.5, 0.6) is 0 Å². The normalized spacial score (nSPS) is 37.3. The molecule has 0 aromatic heterocycles. The van der Waals surface area contributed by atoms with E-state index in [2.05, 4.69) is 32.4 Å². The van der Waals surface area contributed by atoms with Crippen molar-refractivity contribution in [1.82, 2.24) is 0 Å². The Bertz CT molecular complexity index is 1420. The van der Waals surface area contributed by atoms with Crippen LogP contribution in [0.1, 0.15) is 178 Å². The molecule has 370 valence electrons. The molecular formula is C51H94O12. The number of cyclic esters (lactones) is 2. The predicted molar refractivity (Wildman–Crippen MR) is 249 cm³/mol. The maximum absolute atomic E-state index is 12.3. The highest BCUT2D eigenvalue weighted by molar-refractivity contribution is 5.95. The summed E-state index contributed by atoms with van der Waals surface area (Å²) in [6.45, 7) is 18.8. The predicted octanol–water partition coefficient (Wildman–Crippen LogP) is 11.1. The smallest absolute Gasteiger partial charge is 0.317 e. The Morgan fingerprint density at radius 2 is 1.22 bits per heavy atom. The third kappa shape index (κ3) is 12.9. The van der Waals surface area contributed by atoms with Crippen molar-refractivity contribution in [2.24, 2.45) is 76.9 Å². The minimum atomic E-state index is -0.541. The Balaban J connectivity index is 0. The molecule has 12 unspecified atom stereocenters. The summed E-state index contributed by atoms with van der Waals surface area (Å²) >= 11 is 0. The number of fused-ring (bicyclic) bond motifs is 1. The van der Waals surface area contributed by atoms with Gasteiger partial charge in [0.25, 0.3) is 0 Å². The fraction of sp³-hybridized carbons (Fsp3) is 0.882. The van der Waals surface area contributed by atoms with Crippen LogP contribution in [0.15, 0.2) is 0 Å². The first-order valence-corrected chi connectivity index (χ1v) is 22.1. The summed E-state index contributed by atoms with van der Waals surface area (Å²) in [6, 6.07) is 0. The van der Waals surface area contributed by atoms with Gasteiger partial charge in [-0.15, -0.1) is 0 Å². The largest absolute Gasteiger partial charge is 0.469 e. The lowest BCUT2D eigenvalue weighted by Gasteiger charge is -2.60. The van der Waals surface area contributed by atoms with Crippen LogP contribution >= 0.6 is 0 Å². The van der Waals surface area contributed by atoms with Gasteiger partial charge in [-0.25, -0.2) is 0 Å². The fourth-order valence-electron chi connectivity index (χ4n) is 11.0. The van der Waals surface area contributed by atoms with E-state index in [1.54, 1.807) is 20.8 Å². The van der Waals surface area contributed by atoms with E-state index in [-0.39, 0.29) is 110 Å². The van der Waals surface area contributed by atoms with E-state index < -0.39 is 35.8 Å². The number of ether oxygens (including phenoxy) is 6. The van der Waals surface area contributed by atoms with Gasteiger partial charge in [-0.05, 0) is 107 Å². The lowest BCUT2D eigenvalue weighted by Crippen LogP contribution is -2.59. The molecule has 3 saturated heterocycles. The van der Waals surface area contributed by atoms with Crippen LogP contribution in [-0.2, 0) is 57.2 Å². The summed E-state index contributed by atoms with van der Waals surface area (Å²) in [6.07, 6.45) is 12.2. The SMILES string of the molecule is C.C.C.C.C.C.CC1C(=O)OC(=O)C1C.CC1CCCOC1C.CCC(C)C(=O)OC1(CC)C2CC3CC(C2)CC1C3.CCC(C)C(=O)OC1C2CC3C1OC(=O)C3C2C(=O)OC. The summed E-state index contributed by atoms with van der Waals surface area (Å²) in [7, 11) is 1.31. The van der Waals surface area contributed by atoms with Crippen molar-refractivity contribution in [3.63, 3.8) is 0 Å². The molecule has 6 aliphatic carbocycles. The molecule has 12 nitrogen and oxygen atoms in total. The van der Waals surface area contributed by atoms with E-state index in [1.165, 1.54) is 52.1 Å². The van der Waals surface area contributed by atoms with Crippen molar-refractivity contribution in [2.45, 2.75) is 201 Å². The molecule has 12 heteroatoms. The average molecular weight is 899 g/mol. The minimum Gasteiger partial charge on any atom is -0.469 e. The van der Waals surface area contributed by atoms with Gasteiger partial charge in [0.05, 0.1) is 48.7 Å². The van der Waals surface area contributed by atoms with Crippen molar-refractivity contribution < 1.29 is 57.2 Å². The molecule has 0 aromatic rings. The number of carbonyl (C=O) groups excluding carboxylic acids is 6. The van der Waals surface area contributed by atoms with Crippen LogP contribution in [0.2, 0.25) is 0 Å². The van der Waals surface area contributed by atoms with Gasteiger partial charge in [0, 0.05) is 18.4 Å². The van der Waals surface area contributed by atoms with Crippen LogP contribution < -0.4 is 0 Å². The van der Waals surface area contributed by atoms with Crippen molar-refractivity contribution in [3.05, 3.63) is 0 Å². The van der Waals surface area contributed by atoms with Gasteiger partial charge in [-0.1, -0.05) is 99.9 Å². The first kappa shape index (κ1) is 62.1. The van der Waals surface area contributed by atoms with Gasteiger partial charge in [0.15, 0.2) is 0 Å². The molecule has 3 heterocycles. The third-order valence-electron chi connectivity index (χ3n) is 15.3. The highest BCUT2D eigenvalue weighted by atomic mass is 16.6. The first-order chi connectivity index (χ1) is 27.0. The van der Waals surface area contributed by atoms with E-state index in [0.29, 0.717) is 30.8 Å². The zero-order valence-electron chi connectivity index (χ0n) is 36.1. The van der Waals surface area contributed by atoms with E-state index in [4.69, 9.17) is 23.7 Å². The number of hydrogen-bond acceptors (Lipinski definition) is 12. The molecule has 0 amide bonds. The molecule has 0 spiro atoms. The monoisotopic (exact) mass is 899 g/mol. The molecule has 9 rings (SSSR count). The van der Waals surface area contributed by atoms with E-state index in [1.807, 2.05) is 13.8 Å². The molecule has 0 radical (unpaired) electrons. The summed E-state index contributed by atoms with van der Waals surface area (Å²) in [4.78, 5) is 69.4. The van der Waals surface area contributed by atoms with Crippen molar-refractivity contribution in [1.29, 1.82) is 0 Å². The van der Waals surface area contributed by atoms with Gasteiger partial charge < -0.3 is 28.4 Å². The third-order valence-corrected chi connectivity index (χ3v) is 15.3. The van der Waals surface area contributed by atoms with Gasteiger partial charge in [0.1, 0.15) is 17.8 Å². The Hall–Kier alpha value is -3.02. The van der Waals surface area contributed by atoms with Crippen LogP contribution in [0.4, 0.5) is 0 Å². The Morgan fingerprint density at radius 1 is 0.714 bits per heavy atom.